The van der Waals surface area contributed by atoms with Crippen LogP contribution in [0.3, 0.4) is 0 Å². The SMILES string of the molecule is CC1=Cc2c(-c3cc(F)cc(F)c3)cccc2C1[SiH](C)C. The fourth-order valence-electron chi connectivity index (χ4n) is 3.42. The van der Waals surface area contributed by atoms with Crippen molar-refractivity contribution in [3.05, 3.63) is 64.7 Å². The first-order chi connectivity index (χ1) is 9.97. The van der Waals surface area contributed by atoms with Gasteiger partial charge in [-0.1, -0.05) is 42.9 Å². The molecular formula is C18H18F2Si. The van der Waals surface area contributed by atoms with Gasteiger partial charge in [0.15, 0.2) is 0 Å². The number of halogens is 2. The van der Waals surface area contributed by atoms with Crippen LogP contribution < -0.4 is 0 Å². The first-order valence-electron chi connectivity index (χ1n) is 7.25. The number of benzene rings is 2. The molecular weight excluding hydrogens is 282 g/mol. The highest BCUT2D eigenvalue weighted by molar-refractivity contribution is 6.58. The molecule has 0 fully saturated rings. The van der Waals surface area contributed by atoms with Crippen molar-refractivity contribution in [3.63, 3.8) is 0 Å². The summed E-state index contributed by atoms with van der Waals surface area (Å²) in [6.07, 6.45) is 2.19. The normalized spacial score (nSPS) is 17.0. The molecule has 108 valence electrons. The Kier molecular flexibility index (Phi) is 3.53. The number of hydrogen-bond donors (Lipinski definition) is 0. The van der Waals surface area contributed by atoms with Gasteiger partial charge in [0.1, 0.15) is 11.6 Å². The van der Waals surface area contributed by atoms with E-state index in [9.17, 15) is 8.78 Å². The van der Waals surface area contributed by atoms with E-state index in [1.807, 2.05) is 12.1 Å². The van der Waals surface area contributed by atoms with Gasteiger partial charge in [-0.15, -0.1) is 0 Å². The highest BCUT2D eigenvalue weighted by Crippen LogP contribution is 2.42. The van der Waals surface area contributed by atoms with Gasteiger partial charge >= 0.3 is 0 Å². The fourth-order valence-corrected chi connectivity index (χ4v) is 5.58. The molecule has 0 aromatic heterocycles. The Hall–Kier alpha value is -1.74. The summed E-state index contributed by atoms with van der Waals surface area (Å²) in [5.74, 6) is -1.06. The maximum absolute atomic E-state index is 13.5. The zero-order valence-electron chi connectivity index (χ0n) is 12.5. The third-order valence-corrected chi connectivity index (χ3v) is 6.40. The summed E-state index contributed by atoms with van der Waals surface area (Å²) in [5, 5.41) is 0. The number of hydrogen-bond acceptors (Lipinski definition) is 0. The maximum atomic E-state index is 13.5. The van der Waals surface area contributed by atoms with E-state index in [1.165, 1.54) is 23.3 Å². The van der Waals surface area contributed by atoms with E-state index >= 15 is 0 Å². The van der Waals surface area contributed by atoms with Crippen molar-refractivity contribution in [1.29, 1.82) is 0 Å². The van der Waals surface area contributed by atoms with Crippen LogP contribution in [0.15, 0.2) is 42.0 Å². The molecule has 1 aliphatic rings. The number of fused-ring (bicyclic) bond motifs is 1. The second-order valence-corrected chi connectivity index (χ2v) is 9.23. The lowest BCUT2D eigenvalue weighted by Gasteiger charge is -2.18. The minimum absolute atomic E-state index is 0.526. The van der Waals surface area contributed by atoms with Crippen molar-refractivity contribution in [2.45, 2.75) is 25.6 Å². The lowest BCUT2D eigenvalue weighted by atomic mass is 9.97. The van der Waals surface area contributed by atoms with Gasteiger partial charge in [-0.25, -0.2) is 8.78 Å². The zero-order chi connectivity index (χ0) is 15.1. The van der Waals surface area contributed by atoms with Crippen LogP contribution in [0.4, 0.5) is 8.78 Å². The minimum Gasteiger partial charge on any atom is -0.207 e. The third-order valence-electron chi connectivity index (χ3n) is 4.18. The van der Waals surface area contributed by atoms with E-state index in [-0.39, 0.29) is 0 Å². The van der Waals surface area contributed by atoms with Gasteiger partial charge in [0.2, 0.25) is 0 Å². The van der Waals surface area contributed by atoms with Crippen LogP contribution in [0.5, 0.6) is 0 Å². The van der Waals surface area contributed by atoms with Crippen molar-refractivity contribution in [2.24, 2.45) is 0 Å². The molecule has 1 aliphatic carbocycles. The monoisotopic (exact) mass is 300 g/mol. The van der Waals surface area contributed by atoms with E-state index in [0.717, 1.165) is 17.2 Å². The Morgan fingerprint density at radius 1 is 1.00 bits per heavy atom. The van der Waals surface area contributed by atoms with Gasteiger partial charge in [-0.2, -0.15) is 0 Å². The highest BCUT2D eigenvalue weighted by Gasteiger charge is 2.27. The van der Waals surface area contributed by atoms with E-state index in [4.69, 9.17) is 0 Å². The molecule has 0 amide bonds. The van der Waals surface area contributed by atoms with E-state index in [2.05, 4.69) is 32.2 Å². The Bertz CT molecular complexity index is 712. The summed E-state index contributed by atoms with van der Waals surface area (Å²) >= 11 is 0. The average Bonchev–Trinajstić information content (AvgIpc) is 2.73. The van der Waals surface area contributed by atoms with E-state index in [0.29, 0.717) is 11.1 Å². The van der Waals surface area contributed by atoms with Gasteiger partial charge in [0.25, 0.3) is 0 Å². The predicted octanol–water partition coefficient (Wildman–Crippen LogP) is 5.16. The Morgan fingerprint density at radius 2 is 1.67 bits per heavy atom. The summed E-state index contributed by atoms with van der Waals surface area (Å²) in [6, 6.07) is 9.81. The van der Waals surface area contributed by atoms with Gasteiger partial charge in [-0.05, 0) is 46.9 Å². The molecule has 0 spiro atoms. The summed E-state index contributed by atoms with van der Waals surface area (Å²) < 4.78 is 27.0. The molecule has 21 heavy (non-hydrogen) atoms. The van der Waals surface area contributed by atoms with Gasteiger partial charge < -0.3 is 0 Å². The standard InChI is InChI=1S/C18H18F2Si/c1-11-7-17-15(12-8-13(19)10-14(20)9-12)5-4-6-16(17)18(11)21(2)3/h4-10,18,21H,1-3H3. The zero-order valence-corrected chi connectivity index (χ0v) is 13.6. The minimum atomic E-state index is -0.869. The number of rotatable bonds is 2. The van der Waals surface area contributed by atoms with Gasteiger partial charge in [0, 0.05) is 14.9 Å². The largest absolute Gasteiger partial charge is 0.207 e. The van der Waals surface area contributed by atoms with Crippen LogP contribution >= 0.6 is 0 Å². The van der Waals surface area contributed by atoms with Crippen LogP contribution in [0.25, 0.3) is 17.2 Å². The molecule has 0 nitrogen and oxygen atoms in total. The molecule has 0 saturated carbocycles. The van der Waals surface area contributed by atoms with Crippen molar-refractivity contribution in [2.75, 3.05) is 0 Å². The van der Waals surface area contributed by atoms with E-state index in [1.54, 1.807) is 0 Å². The smallest absolute Gasteiger partial charge is 0.126 e. The highest BCUT2D eigenvalue weighted by atomic mass is 28.3. The molecule has 0 heterocycles. The second kappa shape index (κ2) is 5.23. The average molecular weight is 300 g/mol. The number of allylic oxidation sites excluding steroid dienone is 1. The Labute approximate surface area is 125 Å². The molecule has 0 aliphatic heterocycles. The Morgan fingerprint density at radius 3 is 2.29 bits per heavy atom. The third kappa shape index (κ3) is 2.46. The van der Waals surface area contributed by atoms with Crippen molar-refractivity contribution in [3.8, 4) is 11.1 Å². The molecule has 2 aromatic rings. The van der Waals surface area contributed by atoms with E-state index < -0.39 is 20.4 Å². The molecule has 0 bridgehead atoms. The van der Waals surface area contributed by atoms with Crippen LogP contribution in [-0.2, 0) is 0 Å². The van der Waals surface area contributed by atoms with Gasteiger partial charge in [-0.3, -0.25) is 0 Å². The molecule has 3 heteroatoms. The summed E-state index contributed by atoms with van der Waals surface area (Å²) in [4.78, 5) is 0. The summed E-state index contributed by atoms with van der Waals surface area (Å²) in [7, 11) is -0.869. The molecule has 0 saturated heterocycles. The fraction of sp³-hybridized carbons (Fsp3) is 0.222. The van der Waals surface area contributed by atoms with Crippen molar-refractivity contribution >= 4 is 14.9 Å². The van der Waals surface area contributed by atoms with Crippen LogP contribution in [0.2, 0.25) is 13.1 Å². The first kappa shape index (κ1) is 14.2. The lowest BCUT2D eigenvalue weighted by molar-refractivity contribution is 0.584. The molecule has 2 aromatic carbocycles. The summed E-state index contributed by atoms with van der Waals surface area (Å²) in [6.45, 7) is 6.84. The molecule has 3 rings (SSSR count). The van der Waals surface area contributed by atoms with Crippen molar-refractivity contribution in [1.82, 2.24) is 0 Å². The van der Waals surface area contributed by atoms with Crippen LogP contribution in [0.1, 0.15) is 23.6 Å². The topological polar surface area (TPSA) is 0 Å². The van der Waals surface area contributed by atoms with Crippen molar-refractivity contribution < 1.29 is 8.78 Å². The molecule has 0 N–H and O–H groups in total. The molecule has 0 radical (unpaired) electrons. The maximum Gasteiger partial charge on any atom is 0.126 e. The molecule has 1 unspecified atom stereocenters. The Balaban J connectivity index is 2.19. The van der Waals surface area contributed by atoms with Gasteiger partial charge in [0.05, 0.1) is 0 Å². The lowest BCUT2D eigenvalue weighted by Crippen LogP contribution is -2.15. The predicted molar refractivity (Wildman–Crippen MR) is 87.1 cm³/mol. The van der Waals surface area contributed by atoms with Crippen LogP contribution in [-0.4, -0.2) is 8.80 Å². The summed E-state index contributed by atoms with van der Waals surface area (Å²) in [5.41, 5.74) is 5.87. The second-order valence-electron chi connectivity index (χ2n) is 6.08. The first-order valence-corrected chi connectivity index (χ1v) is 10.2. The van der Waals surface area contributed by atoms with Crippen LogP contribution in [0, 0.1) is 11.6 Å². The quantitative estimate of drug-likeness (QED) is 0.672. The molecule has 1 atom stereocenters.